The van der Waals surface area contributed by atoms with Crippen molar-refractivity contribution in [2.45, 2.75) is 31.7 Å². The first-order chi connectivity index (χ1) is 8.25. The first kappa shape index (κ1) is 22.5. The summed E-state index contributed by atoms with van der Waals surface area (Å²) in [6.45, 7) is 6.71. The fourth-order valence-electron chi connectivity index (χ4n) is 1.00. The molecule has 0 fully saturated rings. The molecular weight excluding hydrogens is 509 g/mol. The number of hydrogen-bond acceptors (Lipinski definition) is 3. The SMILES string of the molecule is CC(C)(C)c1ccc([PH3+])cc1.O=S(=O)([O-])C(F)(F)F.[Bi]. The number of halogens is 3. The first-order valence-corrected chi connectivity index (χ1v) is 7.31. The fraction of sp³-hybridized carbons (Fsp3) is 0.455. The van der Waals surface area contributed by atoms with Crippen molar-refractivity contribution in [3.8, 4) is 0 Å². The quantitative estimate of drug-likeness (QED) is 0.225. The molecular formula is C11H16BiF3O3PS. The zero-order valence-electron chi connectivity index (χ0n) is 11.2. The molecule has 0 bridgehead atoms. The first-order valence-electron chi connectivity index (χ1n) is 5.20. The van der Waals surface area contributed by atoms with E-state index in [1.165, 1.54) is 10.9 Å². The van der Waals surface area contributed by atoms with Crippen LogP contribution >= 0.6 is 9.24 Å². The van der Waals surface area contributed by atoms with Gasteiger partial charge in [0.1, 0.15) is 0 Å². The molecule has 3 radical (unpaired) electrons. The number of alkyl halides is 3. The molecule has 9 heteroatoms. The van der Waals surface area contributed by atoms with E-state index in [4.69, 9.17) is 13.0 Å². The summed E-state index contributed by atoms with van der Waals surface area (Å²) in [5.74, 6) is 0. The van der Waals surface area contributed by atoms with Crippen molar-refractivity contribution in [2.75, 3.05) is 0 Å². The molecule has 1 rings (SSSR count). The summed E-state index contributed by atoms with van der Waals surface area (Å²) in [5, 5.41) is 1.36. The number of rotatable bonds is 0. The second-order valence-electron chi connectivity index (χ2n) is 4.85. The smallest absolute Gasteiger partial charge is 0.485 e. The molecule has 0 aromatic heterocycles. The van der Waals surface area contributed by atoms with Gasteiger partial charge in [-0.2, -0.15) is 13.2 Å². The van der Waals surface area contributed by atoms with E-state index in [-0.39, 0.29) is 31.6 Å². The Bertz CT molecular complexity index is 507. The summed E-state index contributed by atoms with van der Waals surface area (Å²) >= 11 is 0. The van der Waals surface area contributed by atoms with E-state index in [2.05, 4.69) is 45.0 Å². The van der Waals surface area contributed by atoms with E-state index in [1.807, 2.05) is 9.24 Å². The Morgan fingerprint density at radius 2 is 1.35 bits per heavy atom. The van der Waals surface area contributed by atoms with Gasteiger partial charge in [0.15, 0.2) is 10.1 Å². The summed E-state index contributed by atoms with van der Waals surface area (Å²) in [5.41, 5.74) is -3.95. The molecule has 0 spiro atoms. The van der Waals surface area contributed by atoms with Crippen LogP contribution in [0.2, 0.25) is 0 Å². The molecule has 1 aromatic rings. The third-order valence-electron chi connectivity index (χ3n) is 2.10. The van der Waals surface area contributed by atoms with Crippen molar-refractivity contribution in [1.82, 2.24) is 0 Å². The van der Waals surface area contributed by atoms with Crippen LogP contribution in [0.1, 0.15) is 26.3 Å². The molecule has 0 aliphatic heterocycles. The molecule has 1 atom stereocenters. The Morgan fingerprint density at radius 3 is 1.55 bits per heavy atom. The maximum atomic E-state index is 10.7. The minimum atomic E-state index is -6.09. The van der Waals surface area contributed by atoms with Gasteiger partial charge in [0, 0.05) is 35.4 Å². The topological polar surface area (TPSA) is 57.2 Å². The summed E-state index contributed by atoms with van der Waals surface area (Å²) in [6, 6.07) is 8.78. The van der Waals surface area contributed by atoms with Crippen LogP contribution in [0.4, 0.5) is 13.2 Å². The predicted octanol–water partition coefficient (Wildman–Crippen LogP) is 1.89. The Kier molecular flexibility index (Phi) is 9.03. The largest absolute Gasteiger partial charge is 0.741 e. The molecule has 3 nitrogen and oxygen atoms in total. The van der Waals surface area contributed by atoms with Gasteiger partial charge in [0.2, 0.25) is 0 Å². The second kappa shape index (κ2) is 8.02. The molecule has 0 N–H and O–H groups in total. The molecule has 0 saturated heterocycles. The Labute approximate surface area is 138 Å². The maximum Gasteiger partial charge on any atom is 0.485 e. The average Bonchev–Trinajstić information content (AvgIpc) is 2.14. The van der Waals surface area contributed by atoms with E-state index in [0.717, 1.165) is 0 Å². The Hall–Kier alpha value is 0.233. The van der Waals surface area contributed by atoms with Crippen LogP contribution in [0.3, 0.4) is 0 Å². The minimum absolute atomic E-state index is 0. The third-order valence-corrected chi connectivity index (χ3v) is 3.14. The van der Waals surface area contributed by atoms with Crippen molar-refractivity contribution in [3.05, 3.63) is 29.8 Å². The van der Waals surface area contributed by atoms with Gasteiger partial charge >= 0.3 is 5.51 Å². The molecule has 0 heterocycles. The van der Waals surface area contributed by atoms with Crippen LogP contribution in [-0.4, -0.2) is 44.7 Å². The monoisotopic (exact) mass is 525 g/mol. The van der Waals surface area contributed by atoms with E-state index >= 15 is 0 Å². The maximum absolute atomic E-state index is 10.7. The van der Waals surface area contributed by atoms with Gasteiger partial charge < -0.3 is 4.55 Å². The van der Waals surface area contributed by atoms with Crippen LogP contribution in [-0.2, 0) is 15.5 Å². The standard InChI is InChI=1S/C10H15P.CHF3O3S.Bi/c1-10(2,3)8-4-6-9(11)7-5-8;2-1(3,4)8(5,6)7;/h4-7H,11H2,1-3H3;(H,5,6,7);. The molecule has 0 saturated carbocycles. The Balaban J connectivity index is 0. The van der Waals surface area contributed by atoms with E-state index in [1.54, 1.807) is 0 Å². The van der Waals surface area contributed by atoms with E-state index < -0.39 is 15.6 Å². The van der Waals surface area contributed by atoms with Crippen molar-refractivity contribution in [3.63, 3.8) is 0 Å². The fourth-order valence-corrected chi connectivity index (χ4v) is 1.24. The van der Waals surface area contributed by atoms with Gasteiger partial charge in [0.25, 0.3) is 0 Å². The van der Waals surface area contributed by atoms with Crippen molar-refractivity contribution in [2.24, 2.45) is 0 Å². The Morgan fingerprint density at radius 1 is 1.05 bits per heavy atom. The van der Waals surface area contributed by atoms with Gasteiger partial charge in [-0.05, 0) is 23.1 Å². The second-order valence-corrected chi connectivity index (χ2v) is 7.03. The van der Waals surface area contributed by atoms with E-state index in [0.29, 0.717) is 0 Å². The zero-order chi connectivity index (χ0) is 15.5. The third kappa shape index (κ3) is 8.50. The molecule has 1 aromatic carbocycles. The van der Waals surface area contributed by atoms with Crippen molar-refractivity contribution in [1.29, 1.82) is 0 Å². The molecule has 0 amide bonds. The van der Waals surface area contributed by atoms with Crippen LogP contribution in [0, 0.1) is 0 Å². The van der Waals surface area contributed by atoms with Crippen LogP contribution in [0.25, 0.3) is 0 Å². The predicted molar refractivity (Wildman–Crippen MR) is 77.4 cm³/mol. The summed E-state index contributed by atoms with van der Waals surface area (Å²) < 4.78 is 58.9. The van der Waals surface area contributed by atoms with Crippen LogP contribution in [0.5, 0.6) is 0 Å². The van der Waals surface area contributed by atoms with Crippen molar-refractivity contribution < 1.29 is 26.1 Å². The minimum Gasteiger partial charge on any atom is -0.741 e. The molecule has 115 valence electrons. The van der Waals surface area contributed by atoms with Gasteiger partial charge in [-0.1, -0.05) is 32.9 Å². The summed E-state index contributed by atoms with van der Waals surface area (Å²) in [6.07, 6.45) is 0. The summed E-state index contributed by atoms with van der Waals surface area (Å²) in [7, 11) is -4.16. The summed E-state index contributed by atoms with van der Waals surface area (Å²) in [4.78, 5) is 0. The molecule has 0 aliphatic rings. The number of benzene rings is 1. The number of hydrogen-bond donors (Lipinski definition) is 0. The van der Waals surface area contributed by atoms with Crippen LogP contribution < -0.4 is 5.30 Å². The normalized spacial score (nSPS) is 12.2. The van der Waals surface area contributed by atoms with Gasteiger partial charge in [0.05, 0.1) is 5.30 Å². The zero-order valence-corrected chi connectivity index (χ0v) is 16.9. The van der Waals surface area contributed by atoms with Gasteiger partial charge in [-0.3, -0.25) is 0 Å². The van der Waals surface area contributed by atoms with E-state index in [9.17, 15) is 13.2 Å². The molecule has 1 unspecified atom stereocenters. The average molecular weight is 525 g/mol. The van der Waals surface area contributed by atoms with Crippen LogP contribution in [0.15, 0.2) is 24.3 Å². The van der Waals surface area contributed by atoms with Crippen molar-refractivity contribution >= 4 is 50.9 Å². The molecule has 0 aliphatic carbocycles. The van der Waals surface area contributed by atoms with Gasteiger partial charge in [-0.25, -0.2) is 8.42 Å². The van der Waals surface area contributed by atoms with Gasteiger partial charge in [-0.15, -0.1) is 0 Å². The molecule has 20 heavy (non-hydrogen) atoms.